The summed E-state index contributed by atoms with van der Waals surface area (Å²) in [5, 5.41) is 15.5. The summed E-state index contributed by atoms with van der Waals surface area (Å²) in [5.41, 5.74) is 2.65. The lowest BCUT2D eigenvalue weighted by Gasteiger charge is -2.12. The lowest BCUT2D eigenvalue weighted by atomic mass is 10.1. The third-order valence-electron chi connectivity index (χ3n) is 5.37. The summed E-state index contributed by atoms with van der Waals surface area (Å²) in [7, 11) is 0. The molecule has 0 aliphatic carbocycles. The summed E-state index contributed by atoms with van der Waals surface area (Å²) in [4.78, 5) is 4.73. The van der Waals surface area contributed by atoms with Crippen LogP contribution in [0.4, 0.5) is 0 Å². The van der Waals surface area contributed by atoms with Crippen LogP contribution in [-0.4, -0.2) is 40.4 Å². The van der Waals surface area contributed by atoms with Gasteiger partial charge in [0.1, 0.15) is 18.1 Å². The summed E-state index contributed by atoms with van der Waals surface area (Å²) >= 11 is 0. The monoisotopic (exact) mass is 510 g/mol. The van der Waals surface area contributed by atoms with Gasteiger partial charge in [0.15, 0.2) is 11.8 Å². The van der Waals surface area contributed by atoms with Gasteiger partial charge in [-0.05, 0) is 43.4 Å². The minimum Gasteiger partial charge on any atom is -0.493 e. The standard InChI is InChI=1S/C21H30N6O.HI/c1-2-22-21(23-11-9-16-7-8-18-17(14-16)10-13-28-18)24-15-20-26-25-19-6-4-3-5-12-27(19)20;/h7-8,14H,2-6,9-13,15H2,1H3,(H2,22,23,24);1H. The Balaban J connectivity index is 0.00000240. The van der Waals surface area contributed by atoms with Gasteiger partial charge in [-0.1, -0.05) is 18.6 Å². The minimum absolute atomic E-state index is 0. The van der Waals surface area contributed by atoms with E-state index in [1.165, 1.54) is 30.4 Å². The zero-order valence-corrected chi connectivity index (χ0v) is 19.4. The van der Waals surface area contributed by atoms with Crippen molar-refractivity contribution in [3.05, 3.63) is 41.0 Å². The average molecular weight is 510 g/mol. The molecule has 0 spiro atoms. The van der Waals surface area contributed by atoms with Crippen LogP contribution in [0.2, 0.25) is 0 Å². The molecule has 1 aromatic carbocycles. The van der Waals surface area contributed by atoms with Gasteiger partial charge < -0.3 is 19.9 Å². The van der Waals surface area contributed by atoms with Crippen molar-refractivity contribution in [3.63, 3.8) is 0 Å². The Hall–Kier alpha value is -1.84. The van der Waals surface area contributed by atoms with E-state index in [0.29, 0.717) is 6.54 Å². The molecule has 0 bridgehead atoms. The normalized spacial score (nSPS) is 15.6. The second-order valence-corrected chi connectivity index (χ2v) is 7.41. The lowest BCUT2D eigenvalue weighted by molar-refractivity contribution is 0.357. The van der Waals surface area contributed by atoms with Gasteiger partial charge in [0.05, 0.1) is 6.61 Å². The number of ether oxygens (including phenoxy) is 1. The molecule has 0 unspecified atom stereocenters. The van der Waals surface area contributed by atoms with Crippen LogP contribution >= 0.6 is 24.0 Å². The predicted octanol–water partition coefficient (Wildman–Crippen LogP) is 2.86. The van der Waals surface area contributed by atoms with E-state index in [1.807, 2.05) is 0 Å². The molecular formula is C21H31IN6O. The zero-order valence-electron chi connectivity index (χ0n) is 17.1. The molecule has 3 heterocycles. The highest BCUT2D eigenvalue weighted by Crippen LogP contribution is 2.25. The Labute approximate surface area is 189 Å². The van der Waals surface area contributed by atoms with Crippen molar-refractivity contribution in [2.75, 3.05) is 19.7 Å². The third-order valence-corrected chi connectivity index (χ3v) is 5.37. The maximum Gasteiger partial charge on any atom is 0.191 e. The van der Waals surface area contributed by atoms with E-state index in [2.05, 4.69) is 50.5 Å². The Morgan fingerprint density at radius 2 is 2.10 bits per heavy atom. The molecule has 0 atom stereocenters. The molecule has 29 heavy (non-hydrogen) atoms. The first-order valence-corrected chi connectivity index (χ1v) is 10.5. The molecule has 158 valence electrons. The van der Waals surface area contributed by atoms with Crippen molar-refractivity contribution >= 4 is 29.9 Å². The molecule has 4 rings (SSSR count). The third kappa shape index (κ3) is 5.61. The first-order valence-electron chi connectivity index (χ1n) is 10.5. The molecule has 2 aromatic rings. The summed E-state index contributed by atoms with van der Waals surface area (Å²) in [5.74, 6) is 3.95. The van der Waals surface area contributed by atoms with Crippen molar-refractivity contribution in [2.45, 2.75) is 58.5 Å². The van der Waals surface area contributed by atoms with Gasteiger partial charge in [-0.25, -0.2) is 4.99 Å². The number of hydrogen-bond donors (Lipinski definition) is 2. The molecule has 2 aliphatic heterocycles. The first-order chi connectivity index (χ1) is 13.8. The van der Waals surface area contributed by atoms with E-state index in [-0.39, 0.29) is 24.0 Å². The van der Waals surface area contributed by atoms with Gasteiger partial charge in [0.25, 0.3) is 0 Å². The van der Waals surface area contributed by atoms with E-state index in [4.69, 9.17) is 9.73 Å². The summed E-state index contributed by atoms with van der Waals surface area (Å²) in [6.07, 6.45) is 6.68. The number of aliphatic imine (C=N–C) groups is 1. The lowest BCUT2D eigenvalue weighted by Crippen LogP contribution is -2.38. The number of aryl methyl sites for hydroxylation is 1. The van der Waals surface area contributed by atoms with Crippen LogP contribution in [0.3, 0.4) is 0 Å². The number of benzene rings is 1. The highest BCUT2D eigenvalue weighted by molar-refractivity contribution is 14.0. The molecule has 2 aliphatic rings. The van der Waals surface area contributed by atoms with Gasteiger partial charge in [0, 0.05) is 32.5 Å². The van der Waals surface area contributed by atoms with Crippen molar-refractivity contribution < 1.29 is 4.74 Å². The molecule has 1 aromatic heterocycles. The number of guanidine groups is 1. The summed E-state index contributed by atoms with van der Waals surface area (Å²) in [6.45, 7) is 6.13. The van der Waals surface area contributed by atoms with Crippen molar-refractivity contribution in [2.24, 2.45) is 4.99 Å². The van der Waals surface area contributed by atoms with Crippen molar-refractivity contribution in [1.29, 1.82) is 0 Å². The fraction of sp³-hybridized carbons (Fsp3) is 0.571. The van der Waals surface area contributed by atoms with Gasteiger partial charge in [-0.2, -0.15) is 0 Å². The fourth-order valence-electron chi connectivity index (χ4n) is 3.87. The summed E-state index contributed by atoms with van der Waals surface area (Å²) < 4.78 is 7.84. The van der Waals surface area contributed by atoms with E-state index >= 15 is 0 Å². The molecule has 7 nitrogen and oxygen atoms in total. The van der Waals surface area contributed by atoms with Crippen LogP contribution in [-0.2, 0) is 32.4 Å². The number of aromatic nitrogens is 3. The first kappa shape index (κ1) is 21.9. The minimum atomic E-state index is 0. The smallest absolute Gasteiger partial charge is 0.191 e. The molecule has 0 radical (unpaired) electrons. The van der Waals surface area contributed by atoms with Crippen LogP contribution < -0.4 is 15.4 Å². The van der Waals surface area contributed by atoms with E-state index < -0.39 is 0 Å². The Bertz CT molecular complexity index is 835. The largest absolute Gasteiger partial charge is 0.493 e. The second kappa shape index (κ2) is 10.8. The predicted molar refractivity (Wildman–Crippen MR) is 125 cm³/mol. The number of halogens is 1. The van der Waals surface area contributed by atoms with Gasteiger partial charge in [-0.3, -0.25) is 0 Å². The number of rotatable bonds is 6. The fourth-order valence-corrected chi connectivity index (χ4v) is 3.87. The van der Waals surface area contributed by atoms with E-state index in [1.54, 1.807) is 0 Å². The maximum atomic E-state index is 5.58. The van der Waals surface area contributed by atoms with Crippen LogP contribution in [0.5, 0.6) is 5.75 Å². The Kier molecular flexibility index (Phi) is 8.14. The molecular weight excluding hydrogens is 479 g/mol. The van der Waals surface area contributed by atoms with Crippen LogP contribution in [0.25, 0.3) is 0 Å². The van der Waals surface area contributed by atoms with E-state index in [0.717, 1.165) is 68.9 Å². The van der Waals surface area contributed by atoms with Crippen molar-refractivity contribution in [1.82, 2.24) is 25.4 Å². The van der Waals surface area contributed by atoms with Gasteiger partial charge in [0.2, 0.25) is 0 Å². The molecule has 0 amide bonds. The number of hydrogen-bond acceptors (Lipinski definition) is 4. The SMILES string of the molecule is CCNC(=NCc1nnc2n1CCCCC2)NCCc1ccc2c(c1)CCO2.I. The Morgan fingerprint density at radius 3 is 3.00 bits per heavy atom. The molecule has 0 saturated carbocycles. The Morgan fingerprint density at radius 1 is 1.17 bits per heavy atom. The summed E-state index contributed by atoms with van der Waals surface area (Å²) in [6, 6.07) is 6.51. The molecule has 8 heteroatoms. The highest BCUT2D eigenvalue weighted by atomic mass is 127. The van der Waals surface area contributed by atoms with Crippen molar-refractivity contribution in [3.8, 4) is 5.75 Å². The van der Waals surface area contributed by atoms with E-state index in [9.17, 15) is 0 Å². The van der Waals surface area contributed by atoms with Crippen LogP contribution in [0, 0.1) is 0 Å². The second-order valence-electron chi connectivity index (χ2n) is 7.41. The van der Waals surface area contributed by atoms with Gasteiger partial charge >= 0.3 is 0 Å². The number of fused-ring (bicyclic) bond motifs is 2. The maximum absolute atomic E-state index is 5.58. The topological polar surface area (TPSA) is 76.4 Å². The quantitative estimate of drug-likeness (QED) is 0.355. The number of nitrogens with zero attached hydrogens (tertiary/aromatic N) is 4. The average Bonchev–Trinajstić information content (AvgIpc) is 3.26. The molecule has 0 fully saturated rings. The number of nitrogens with one attached hydrogen (secondary N) is 2. The molecule has 2 N–H and O–H groups in total. The highest BCUT2D eigenvalue weighted by Gasteiger charge is 2.14. The van der Waals surface area contributed by atoms with Crippen LogP contribution in [0.1, 0.15) is 49.0 Å². The van der Waals surface area contributed by atoms with Gasteiger partial charge in [-0.15, -0.1) is 34.2 Å². The zero-order chi connectivity index (χ0) is 19.2. The van der Waals surface area contributed by atoms with Crippen LogP contribution in [0.15, 0.2) is 23.2 Å². The molecule has 0 saturated heterocycles.